The molecule has 1 aromatic rings. The quantitative estimate of drug-likeness (QED) is 0.866. The zero-order valence-corrected chi connectivity index (χ0v) is 14.5. The number of aliphatic hydroxyl groups is 2. The number of hydrogen-bond donors (Lipinski definition) is 2. The molecule has 4 unspecified atom stereocenters. The minimum atomic E-state index is -0.555. The van der Waals surface area contributed by atoms with E-state index >= 15 is 0 Å². The van der Waals surface area contributed by atoms with Gasteiger partial charge in [-0.15, -0.1) is 0 Å². The molecule has 0 saturated carbocycles. The molecule has 1 fully saturated rings. The molecule has 128 valence electrons. The van der Waals surface area contributed by atoms with Gasteiger partial charge in [0.2, 0.25) is 0 Å². The molecule has 1 aliphatic heterocycles. The molecule has 2 aliphatic rings. The van der Waals surface area contributed by atoms with Gasteiger partial charge < -0.3 is 14.9 Å². The van der Waals surface area contributed by atoms with E-state index in [2.05, 4.69) is 37.3 Å². The lowest BCUT2D eigenvalue weighted by Crippen LogP contribution is -2.24. The maximum absolute atomic E-state index is 9.97. The summed E-state index contributed by atoms with van der Waals surface area (Å²) in [6.45, 7) is 6.10. The van der Waals surface area contributed by atoms with Gasteiger partial charge in [0.25, 0.3) is 0 Å². The molecule has 0 radical (unpaired) electrons. The van der Waals surface area contributed by atoms with Crippen molar-refractivity contribution in [3.8, 4) is 0 Å². The van der Waals surface area contributed by atoms with Crippen LogP contribution in [0.1, 0.15) is 63.5 Å². The first-order valence-corrected chi connectivity index (χ1v) is 8.99. The molecule has 3 rings (SSSR count). The minimum absolute atomic E-state index is 0.0302. The third kappa shape index (κ3) is 3.85. The van der Waals surface area contributed by atoms with Crippen LogP contribution in [-0.4, -0.2) is 35.1 Å². The van der Waals surface area contributed by atoms with E-state index in [9.17, 15) is 10.2 Å². The van der Waals surface area contributed by atoms with Gasteiger partial charge in [0.1, 0.15) is 6.10 Å². The molecule has 0 spiro atoms. The summed E-state index contributed by atoms with van der Waals surface area (Å²) in [6.07, 6.45) is 5.38. The van der Waals surface area contributed by atoms with E-state index in [4.69, 9.17) is 4.74 Å². The van der Waals surface area contributed by atoms with Crippen LogP contribution in [0.4, 0.5) is 0 Å². The molecular formula is C20H30O3. The fraction of sp³-hybridized carbons (Fsp3) is 0.600. The van der Waals surface area contributed by atoms with Crippen molar-refractivity contribution in [1.82, 2.24) is 0 Å². The summed E-state index contributed by atoms with van der Waals surface area (Å²) >= 11 is 0. The van der Waals surface area contributed by atoms with Crippen molar-refractivity contribution in [2.75, 3.05) is 6.61 Å². The Hall–Kier alpha value is -1.16. The van der Waals surface area contributed by atoms with Crippen LogP contribution in [0.3, 0.4) is 0 Å². The Morgan fingerprint density at radius 3 is 2.61 bits per heavy atom. The second-order valence-corrected chi connectivity index (χ2v) is 6.11. The van der Waals surface area contributed by atoms with E-state index in [-0.39, 0.29) is 18.6 Å². The van der Waals surface area contributed by atoms with E-state index < -0.39 is 12.2 Å². The van der Waals surface area contributed by atoms with Crippen LogP contribution >= 0.6 is 0 Å². The molecule has 4 atom stereocenters. The predicted molar refractivity (Wildman–Crippen MR) is 94.4 cm³/mol. The van der Waals surface area contributed by atoms with Crippen LogP contribution in [-0.2, 0) is 4.74 Å². The summed E-state index contributed by atoms with van der Waals surface area (Å²) in [5.74, 6) is 0.208. The standard InChI is InChI=1S/C18H24O3.C2H6/c1-2-3-6-12-9-15(14-8-5-4-7-13(12)14)17-10-16(20)18(11-19)21-17;1-2/h4-5,7-9,15-20H,2-3,6,10-11H2,1H3;1-2H3. The van der Waals surface area contributed by atoms with Gasteiger partial charge in [-0.2, -0.15) is 0 Å². The molecule has 3 heteroatoms. The third-order valence-electron chi connectivity index (χ3n) is 4.68. The van der Waals surface area contributed by atoms with Gasteiger partial charge >= 0.3 is 0 Å². The number of fused-ring (bicyclic) bond motifs is 1. The number of benzene rings is 1. The monoisotopic (exact) mass is 318 g/mol. The van der Waals surface area contributed by atoms with Crippen molar-refractivity contribution >= 4 is 5.57 Å². The molecule has 2 N–H and O–H groups in total. The summed E-state index contributed by atoms with van der Waals surface area (Å²) in [7, 11) is 0. The molecule has 0 amide bonds. The Morgan fingerprint density at radius 1 is 1.22 bits per heavy atom. The van der Waals surface area contributed by atoms with Gasteiger partial charge in [0.15, 0.2) is 0 Å². The molecule has 1 aliphatic carbocycles. The number of ether oxygens (including phenoxy) is 1. The zero-order chi connectivity index (χ0) is 16.8. The summed E-state index contributed by atoms with van der Waals surface area (Å²) < 4.78 is 5.87. The van der Waals surface area contributed by atoms with Crippen LogP contribution in [0.5, 0.6) is 0 Å². The maximum atomic E-state index is 9.97. The second-order valence-electron chi connectivity index (χ2n) is 6.11. The van der Waals surface area contributed by atoms with Crippen LogP contribution < -0.4 is 0 Å². The zero-order valence-electron chi connectivity index (χ0n) is 14.5. The molecule has 0 aromatic heterocycles. The first kappa shape index (κ1) is 18.2. The van der Waals surface area contributed by atoms with Crippen LogP contribution in [0.25, 0.3) is 5.57 Å². The number of rotatable bonds is 5. The van der Waals surface area contributed by atoms with Crippen molar-refractivity contribution in [2.24, 2.45) is 0 Å². The van der Waals surface area contributed by atoms with E-state index in [1.165, 1.54) is 29.5 Å². The fourth-order valence-corrected chi connectivity index (χ4v) is 3.53. The number of hydrogen-bond acceptors (Lipinski definition) is 3. The van der Waals surface area contributed by atoms with E-state index in [0.717, 1.165) is 6.42 Å². The highest BCUT2D eigenvalue weighted by Gasteiger charge is 2.40. The molecule has 3 nitrogen and oxygen atoms in total. The highest BCUT2D eigenvalue weighted by Crippen LogP contribution is 2.43. The van der Waals surface area contributed by atoms with Gasteiger partial charge in [-0.3, -0.25) is 0 Å². The van der Waals surface area contributed by atoms with Gasteiger partial charge in [-0.1, -0.05) is 57.5 Å². The predicted octanol–water partition coefficient (Wildman–Crippen LogP) is 3.89. The summed E-state index contributed by atoms with van der Waals surface area (Å²) in [4.78, 5) is 0. The Balaban J connectivity index is 0.000000924. The number of unbranched alkanes of at least 4 members (excludes halogenated alkanes) is 1. The van der Waals surface area contributed by atoms with Gasteiger partial charge in [0.05, 0.1) is 18.8 Å². The Morgan fingerprint density at radius 2 is 1.96 bits per heavy atom. The fourth-order valence-electron chi connectivity index (χ4n) is 3.53. The number of aliphatic hydroxyl groups excluding tert-OH is 2. The molecule has 1 aromatic carbocycles. The summed E-state index contributed by atoms with van der Waals surface area (Å²) in [5, 5.41) is 19.2. The van der Waals surface area contributed by atoms with Crippen molar-refractivity contribution in [3.63, 3.8) is 0 Å². The van der Waals surface area contributed by atoms with Crippen LogP contribution in [0.2, 0.25) is 0 Å². The maximum Gasteiger partial charge on any atom is 0.107 e. The molecule has 23 heavy (non-hydrogen) atoms. The van der Waals surface area contributed by atoms with Crippen molar-refractivity contribution in [1.29, 1.82) is 0 Å². The van der Waals surface area contributed by atoms with Crippen molar-refractivity contribution in [3.05, 3.63) is 41.5 Å². The number of allylic oxidation sites excluding steroid dienone is 1. The largest absolute Gasteiger partial charge is 0.394 e. The smallest absolute Gasteiger partial charge is 0.107 e. The summed E-state index contributed by atoms with van der Waals surface area (Å²) in [5.41, 5.74) is 4.05. The Labute approximate surface area is 140 Å². The lowest BCUT2D eigenvalue weighted by atomic mass is 9.93. The Kier molecular flexibility index (Phi) is 6.82. The van der Waals surface area contributed by atoms with E-state index in [1.54, 1.807) is 0 Å². The van der Waals surface area contributed by atoms with Crippen molar-refractivity contribution < 1.29 is 14.9 Å². The van der Waals surface area contributed by atoms with Gasteiger partial charge in [-0.05, 0) is 29.5 Å². The lowest BCUT2D eigenvalue weighted by Gasteiger charge is -2.18. The molecular weight excluding hydrogens is 288 g/mol. The molecule has 1 heterocycles. The Bertz CT molecular complexity index is 523. The highest BCUT2D eigenvalue weighted by molar-refractivity contribution is 5.75. The third-order valence-corrected chi connectivity index (χ3v) is 4.68. The highest BCUT2D eigenvalue weighted by atomic mass is 16.5. The second kappa shape index (κ2) is 8.62. The SMILES string of the molecule is CC.CCCCC1=CC(C2CC(O)C(CO)O2)c2ccccc21. The van der Waals surface area contributed by atoms with Gasteiger partial charge in [-0.25, -0.2) is 0 Å². The average molecular weight is 318 g/mol. The van der Waals surface area contributed by atoms with Crippen LogP contribution in [0, 0.1) is 0 Å². The molecule has 1 saturated heterocycles. The van der Waals surface area contributed by atoms with E-state index in [1.807, 2.05) is 13.8 Å². The van der Waals surface area contributed by atoms with Crippen LogP contribution in [0.15, 0.2) is 30.3 Å². The van der Waals surface area contributed by atoms with Gasteiger partial charge in [0, 0.05) is 12.3 Å². The minimum Gasteiger partial charge on any atom is -0.394 e. The average Bonchev–Trinajstić information content (AvgIpc) is 3.15. The first-order valence-electron chi connectivity index (χ1n) is 8.99. The van der Waals surface area contributed by atoms with Crippen molar-refractivity contribution in [2.45, 2.75) is 70.7 Å². The first-order chi connectivity index (χ1) is 11.2. The topological polar surface area (TPSA) is 49.7 Å². The lowest BCUT2D eigenvalue weighted by molar-refractivity contribution is -0.0249. The van der Waals surface area contributed by atoms with E-state index in [0.29, 0.717) is 6.42 Å². The normalized spacial score (nSPS) is 28.8. The summed E-state index contributed by atoms with van der Waals surface area (Å²) in [6, 6.07) is 8.50. The molecule has 0 bridgehead atoms.